The number of likely N-dealkylation sites (tertiary alicyclic amines) is 1. The second kappa shape index (κ2) is 6.15. The number of nitrogens with zero attached hydrogens (tertiary/aromatic N) is 1. The zero-order valence-electron chi connectivity index (χ0n) is 16.1. The second-order valence-corrected chi connectivity index (χ2v) is 9.03. The highest BCUT2D eigenvalue weighted by Crippen LogP contribution is 2.59. The molecule has 2 amide bonds. The lowest BCUT2D eigenvalue weighted by atomic mass is 9.88. The third kappa shape index (κ3) is 3.73. The lowest BCUT2D eigenvalue weighted by Gasteiger charge is -2.36. The molecule has 25 heavy (non-hydrogen) atoms. The first-order chi connectivity index (χ1) is 11.6. The van der Waals surface area contributed by atoms with Crippen molar-refractivity contribution in [1.82, 2.24) is 4.90 Å². The highest BCUT2D eigenvalue weighted by Gasteiger charge is 2.58. The number of hydrogen-bond acceptors (Lipinski definition) is 2. The molecule has 1 aliphatic carbocycles. The third-order valence-corrected chi connectivity index (χ3v) is 5.68. The van der Waals surface area contributed by atoms with Crippen LogP contribution in [0.25, 0.3) is 0 Å². The Bertz CT molecular complexity index is 674. The van der Waals surface area contributed by atoms with Crippen molar-refractivity contribution in [3.63, 3.8) is 0 Å². The van der Waals surface area contributed by atoms with Crippen LogP contribution in [-0.4, -0.2) is 29.8 Å². The van der Waals surface area contributed by atoms with E-state index in [1.54, 1.807) is 0 Å². The zero-order chi connectivity index (χ0) is 18.4. The lowest BCUT2D eigenvalue weighted by Crippen LogP contribution is -2.45. The van der Waals surface area contributed by atoms with E-state index in [9.17, 15) is 9.59 Å². The van der Waals surface area contributed by atoms with Gasteiger partial charge in [-0.3, -0.25) is 9.59 Å². The molecule has 0 radical (unpaired) electrons. The molecule has 1 N–H and O–H groups in total. The van der Waals surface area contributed by atoms with Gasteiger partial charge >= 0.3 is 0 Å². The van der Waals surface area contributed by atoms with Crippen molar-refractivity contribution in [2.75, 3.05) is 18.4 Å². The van der Waals surface area contributed by atoms with Gasteiger partial charge in [0.1, 0.15) is 0 Å². The van der Waals surface area contributed by atoms with Gasteiger partial charge in [0.15, 0.2) is 0 Å². The molecule has 1 saturated carbocycles. The number of amides is 2. The first kappa shape index (κ1) is 18.0. The van der Waals surface area contributed by atoms with E-state index in [2.05, 4.69) is 11.4 Å². The predicted molar refractivity (Wildman–Crippen MR) is 100 cm³/mol. The van der Waals surface area contributed by atoms with E-state index in [0.717, 1.165) is 49.2 Å². The summed E-state index contributed by atoms with van der Waals surface area (Å²) in [7, 11) is 0. The number of nitrogens with one attached hydrogen (secondary N) is 1. The summed E-state index contributed by atoms with van der Waals surface area (Å²) in [5.74, 6) is 0.458. The second-order valence-electron chi connectivity index (χ2n) is 9.03. The van der Waals surface area contributed by atoms with E-state index in [0.29, 0.717) is 0 Å². The van der Waals surface area contributed by atoms with Crippen LogP contribution >= 0.6 is 0 Å². The molecule has 1 atom stereocenters. The molecule has 1 aromatic rings. The van der Waals surface area contributed by atoms with Crippen LogP contribution in [0.4, 0.5) is 5.69 Å². The standard InChI is InChI=1S/C21H30N2O2/c1-14-10-15(2)12-16(11-14)22-18(24)17-13-21(17)6-8-23(9-7-21)19(25)20(3,4)5/h10-12,17H,6-9,13H2,1-5H3,(H,22,24)/t17-/m1/s1. The van der Waals surface area contributed by atoms with Crippen molar-refractivity contribution in [3.8, 4) is 0 Å². The number of benzene rings is 1. The van der Waals surface area contributed by atoms with Gasteiger partial charge < -0.3 is 10.2 Å². The highest BCUT2D eigenvalue weighted by molar-refractivity contribution is 5.95. The molecule has 1 saturated heterocycles. The molecule has 4 nitrogen and oxygen atoms in total. The summed E-state index contributed by atoms with van der Waals surface area (Å²) < 4.78 is 0. The highest BCUT2D eigenvalue weighted by atomic mass is 16.2. The maximum absolute atomic E-state index is 12.7. The Kier molecular flexibility index (Phi) is 4.42. The van der Waals surface area contributed by atoms with Crippen LogP contribution in [-0.2, 0) is 9.59 Å². The Morgan fingerprint density at radius 2 is 1.64 bits per heavy atom. The summed E-state index contributed by atoms with van der Waals surface area (Å²) >= 11 is 0. The van der Waals surface area contributed by atoms with Crippen molar-refractivity contribution in [2.24, 2.45) is 16.7 Å². The monoisotopic (exact) mass is 342 g/mol. The van der Waals surface area contributed by atoms with Crippen LogP contribution in [0.2, 0.25) is 0 Å². The normalized spacial score (nSPS) is 22.0. The van der Waals surface area contributed by atoms with Crippen LogP contribution < -0.4 is 5.32 Å². The first-order valence-corrected chi connectivity index (χ1v) is 9.29. The van der Waals surface area contributed by atoms with Crippen LogP contribution in [0.3, 0.4) is 0 Å². The molecule has 1 spiro atoms. The predicted octanol–water partition coefficient (Wildman–Crippen LogP) is 3.92. The molecular formula is C21H30N2O2. The molecule has 0 unspecified atom stereocenters. The van der Waals surface area contributed by atoms with Crippen molar-refractivity contribution in [2.45, 2.75) is 53.9 Å². The summed E-state index contributed by atoms with van der Waals surface area (Å²) in [5, 5.41) is 3.10. The van der Waals surface area contributed by atoms with Crippen LogP contribution in [0.5, 0.6) is 0 Å². The molecule has 2 aliphatic rings. The minimum absolute atomic E-state index is 0.0974. The van der Waals surface area contributed by atoms with E-state index in [4.69, 9.17) is 0 Å². The van der Waals surface area contributed by atoms with Gasteiger partial charge in [-0.15, -0.1) is 0 Å². The summed E-state index contributed by atoms with van der Waals surface area (Å²) in [6.45, 7) is 11.6. The molecule has 0 aromatic heterocycles. The van der Waals surface area contributed by atoms with E-state index in [-0.39, 0.29) is 28.6 Å². The van der Waals surface area contributed by atoms with Crippen LogP contribution in [0, 0.1) is 30.6 Å². The summed E-state index contributed by atoms with van der Waals surface area (Å²) in [6, 6.07) is 6.14. The Morgan fingerprint density at radius 1 is 1.08 bits per heavy atom. The van der Waals surface area contributed by atoms with E-state index < -0.39 is 0 Å². The van der Waals surface area contributed by atoms with Gasteiger partial charge in [0.05, 0.1) is 0 Å². The number of carbonyl (C=O) groups is 2. The minimum Gasteiger partial charge on any atom is -0.342 e. The quantitative estimate of drug-likeness (QED) is 0.886. The maximum atomic E-state index is 12.7. The fraction of sp³-hybridized carbons (Fsp3) is 0.619. The molecular weight excluding hydrogens is 312 g/mol. The SMILES string of the molecule is Cc1cc(C)cc(NC(=O)[C@H]2CC23CCN(C(=O)C(C)(C)C)CC3)c1. The average molecular weight is 342 g/mol. The van der Waals surface area contributed by atoms with Crippen LogP contribution in [0.1, 0.15) is 51.2 Å². The topological polar surface area (TPSA) is 49.4 Å². The van der Waals surface area contributed by atoms with E-state index in [1.807, 2.05) is 51.7 Å². The largest absolute Gasteiger partial charge is 0.342 e. The van der Waals surface area contributed by atoms with Crippen molar-refractivity contribution >= 4 is 17.5 Å². The molecule has 1 aliphatic heterocycles. The van der Waals surface area contributed by atoms with E-state index in [1.165, 1.54) is 0 Å². The number of carbonyl (C=O) groups excluding carboxylic acids is 2. The van der Waals surface area contributed by atoms with Gasteiger partial charge in [-0.05, 0) is 61.8 Å². The maximum Gasteiger partial charge on any atom is 0.228 e. The smallest absolute Gasteiger partial charge is 0.228 e. The number of aryl methyl sites for hydroxylation is 2. The lowest BCUT2D eigenvalue weighted by molar-refractivity contribution is -0.141. The first-order valence-electron chi connectivity index (χ1n) is 9.29. The van der Waals surface area contributed by atoms with Gasteiger partial charge in [-0.25, -0.2) is 0 Å². The number of rotatable bonds is 2. The fourth-order valence-corrected chi connectivity index (χ4v) is 4.18. The summed E-state index contributed by atoms with van der Waals surface area (Å²) in [6.07, 6.45) is 2.85. The molecule has 1 heterocycles. The zero-order valence-corrected chi connectivity index (χ0v) is 16.1. The van der Waals surface area contributed by atoms with Crippen molar-refractivity contribution < 1.29 is 9.59 Å². The number of piperidine rings is 1. The average Bonchev–Trinajstić information content (AvgIpc) is 3.19. The Balaban J connectivity index is 1.57. The van der Waals surface area contributed by atoms with Gasteiger partial charge in [0, 0.05) is 30.1 Å². The molecule has 136 valence electrons. The molecule has 4 heteroatoms. The Labute approximate surface area is 151 Å². The third-order valence-electron chi connectivity index (χ3n) is 5.68. The van der Waals surface area contributed by atoms with Gasteiger partial charge in [0.2, 0.25) is 11.8 Å². The molecule has 1 aromatic carbocycles. The molecule has 0 bridgehead atoms. The minimum atomic E-state index is -0.326. The van der Waals surface area contributed by atoms with Crippen molar-refractivity contribution in [3.05, 3.63) is 29.3 Å². The fourth-order valence-electron chi connectivity index (χ4n) is 4.18. The number of anilines is 1. The molecule has 2 fully saturated rings. The van der Waals surface area contributed by atoms with Gasteiger partial charge in [0.25, 0.3) is 0 Å². The Hall–Kier alpha value is -1.84. The number of hydrogen-bond donors (Lipinski definition) is 1. The van der Waals surface area contributed by atoms with Crippen molar-refractivity contribution in [1.29, 1.82) is 0 Å². The van der Waals surface area contributed by atoms with E-state index >= 15 is 0 Å². The summed E-state index contributed by atoms with van der Waals surface area (Å²) in [5.41, 5.74) is 3.01. The molecule has 3 rings (SSSR count). The van der Waals surface area contributed by atoms with Gasteiger partial charge in [-0.2, -0.15) is 0 Å². The summed E-state index contributed by atoms with van der Waals surface area (Å²) in [4.78, 5) is 27.0. The Morgan fingerprint density at radius 3 is 2.16 bits per heavy atom. The van der Waals surface area contributed by atoms with Crippen LogP contribution in [0.15, 0.2) is 18.2 Å². The van der Waals surface area contributed by atoms with Gasteiger partial charge in [-0.1, -0.05) is 26.8 Å².